The summed E-state index contributed by atoms with van der Waals surface area (Å²) in [5, 5.41) is 19.9. The summed E-state index contributed by atoms with van der Waals surface area (Å²) in [5.74, 6) is -0.0508. The molecule has 2 rings (SSSR count). The molecule has 2 aromatic rings. The molecule has 242 valence electrons. The number of ether oxygens (including phenoxy) is 1. The Kier molecular flexibility index (Phi) is 19.2. The van der Waals surface area contributed by atoms with E-state index in [0.29, 0.717) is 45.3 Å². The third-order valence-electron chi connectivity index (χ3n) is 7.12. The lowest BCUT2D eigenvalue weighted by atomic mass is 10.1. The van der Waals surface area contributed by atoms with Crippen molar-refractivity contribution in [2.45, 2.75) is 90.2 Å². The number of hydrogen-bond donors (Lipinski definition) is 3. The van der Waals surface area contributed by atoms with Gasteiger partial charge in [0, 0.05) is 45.6 Å². The molecule has 0 bridgehead atoms. The van der Waals surface area contributed by atoms with Crippen molar-refractivity contribution in [3.8, 4) is 0 Å². The Morgan fingerprint density at radius 2 is 1.07 bits per heavy atom. The summed E-state index contributed by atoms with van der Waals surface area (Å²) < 4.78 is 5.14. The summed E-state index contributed by atoms with van der Waals surface area (Å²) in [5.41, 5.74) is 1.82. The zero-order valence-electron chi connectivity index (χ0n) is 25.9. The molecule has 0 saturated carbocycles. The highest BCUT2D eigenvalue weighted by atomic mass is 16.5. The topological polar surface area (TPSA) is 140 Å². The van der Waals surface area contributed by atoms with Gasteiger partial charge in [-0.05, 0) is 36.8 Å². The zero-order chi connectivity index (χ0) is 31.7. The van der Waals surface area contributed by atoms with Gasteiger partial charge >= 0.3 is 6.09 Å². The van der Waals surface area contributed by atoms with Gasteiger partial charge in [-0.3, -0.25) is 9.59 Å². The quantitative estimate of drug-likeness (QED) is 0.157. The van der Waals surface area contributed by atoms with Crippen LogP contribution >= 0.6 is 0 Å². The number of benzene rings is 2. The number of carbonyl (C=O) groups is 4. The molecule has 0 atom stereocenters. The van der Waals surface area contributed by atoms with E-state index in [-0.39, 0.29) is 31.5 Å². The highest BCUT2D eigenvalue weighted by Gasteiger charge is 2.08. The van der Waals surface area contributed by atoms with Crippen molar-refractivity contribution in [2.24, 2.45) is 0 Å². The highest BCUT2D eigenvalue weighted by molar-refractivity contribution is 5.76. The van der Waals surface area contributed by atoms with Crippen LogP contribution in [0.15, 0.2) is 60.7 Å². The van der Waals surface area contributed by atoms with Crippen LogP contribution in [0.3, 0.4) is 0 Å². The maximum absolute atomic E-state index is 12.1. The fourth-order valence-corrected chi connectivity index (χ4v) is 4.63. The Morgan fingerprint density at radius 3 is 1.61 bits per heavy atom. The van der Waals surface area contributed by atoms with E-state index in [0.717, 1.165) is 62.5 Å². The molecule has 0 unspecified atom stereocenters. The Morgan fingerprint density at radius 1 is 0.591 bits per heavy atom. The molecule has 0 aliphatic heterocycles. The molecule has 0 aromatic heterocycles. The molecule has 10 nitrogen and oxygen atoms in total. The van der Waals surface area contributed by atoms with Crippen molar-refractivity contribution in [2.75, 3.05) is 26.2 Å². The van der Waals surface area contributed by atoms with Crippen molar-refractivity contribution >= 4 is 24.0 Å². The van der Waals surface area contributed by atoms with Crippen LogP contribution in [-0.4, -0.2) is 55.1 Å². The molecular formula is C34H49N4O6-. The van der Waals surface area contributed by atoms with E-state index in [1.54, 1.807) is 0 Å². The Hall–Kier alpha value is -4.08. The smallest absolute Gasteiger partial charge is 0.407 e. The van der Waals surface area contributed by atoms with Gasteiger partial charge < -0.3 is 35.5 Å². The number of alkyl carbamates (subject to hydrolysis) is 1. The minimum Gasteiger partial charge on any atom is -0.530 e. The zero-order valence-corrected chi connectivity index (χ0v) is 25.9. The number of hydrogen-bond acceptors (Lipinski definition) is 6. The average Bonchev–Trinajstić information content (AvgIpc) is 3.03. The number of rotatable bonds is 23. The molecule has 44 heavy (non-hydrogen) atoms. The van der Waals surface area contributed by atoms with Gasteiger partial charge in [0.1, 0.15) is 12.7 Å². The number of carboxylic acid groups (broad SMARTS) is 1. The molecule has 0 aliphatic rings. The van der Waals surface area contributed by atoms with Crippen LogP contribution in [0, 0.1) is 0 Å². The van der Waals surface area contributed by atoms with E-state index in [2.05, 4.69) is 16.0 Å². The molecule has 0 radical (unpaired) electrons. The van der Waals surface area contributed by atoms with Gasteiger partial charge in [-0.2, -0.15) is 0 Å². The first-order valence-corrected chi connectivity index (χ1v) is 15.9. The largest absolute Gasteiger partial charge is 0.530 e. The highest BCUT2D eigenvalue weighted by Crippen LogP contribution is 2.09. The molecule has 0 saturated heterocycles. The first-order chi connectivity index (χ1) is 21.4. The van der Waals surface area contributed by atoms with Crippen molar-refractivity contribution in [1.82, 2.24) is 20.9 Å². The summed E-state index contributed by atoms with van der Waals surface area (Å²) in [6.45, 7) is 2.46. The third-order valence-corrected chi connectivity index (χ3v) is 7.12. The lowest BCUT2D eigenvalue weighted by molar-refractivity contribution is -0.266. The van der Waals surface area contributed by atoms with E-state index >= 15 is 0 Å². The van der Waals surface area contributed by atoms with Gasteiger partial charge in [-0.15, -0.1) is 0 Å². The Balaban J connectivity index is 1.32. The second-order valence-corrected chi connectivity index (χ2v) is 10.9. The molecule has 0 fully saturated rings. The van der Waals surface area contributed by atoms with Crippen molar-refractivity contribution in [3.63, 3.8) is 0 Å². The summed E-state index contributed by atoms with van der Waals surface area (Å²) in [6.07, 6.45) is 8.58. The molecular weight excluding hydrogens is 560 g/mol. The van der Waals surface area contributed by atoms with Crippen molar-refractivity contribution in [1.29, 1.82) is 0 Å². The van der Waals surface area contributed by atoms with Crippen LogP contribution in [0.1, 0.15) is 88.2 Å². The van der Waals surface area contributed by atoms with Gasteiger partial charge in [0.2, 0.25) is 11.8 Å². The van der Waals surface area contributed by atoms with Crippen LogP contribution in [0.4, 0.5) is 9.59 Å². The van der Waals surface area contributed by atoms with Crippen LogP contribution < -0.4 is 21.1 Å². The summed E-state index contributed by atoms with van der Waals surface area (Å²) in [7, 11) is 0. The number of nitrogens with one attached hydrogen (secondary N) is 3. The number of unbranched alkanes of at least 4 members (excludes halogenated alkanes) is 7. The fraction of sp³-hybridized carbons (Fsp3) is 0.529. The lowest BCUT2D eigenvalue weighted by Crippen LogP contribution is -2.41. The van der Waals surface area contributed by atoms with Gasteiger partial charge in [-0.1, -0.05) is 99.2 Å². The predicted octanol–water partition coefficient (Wildman–Crippen LogP) is 4.67. The molecule has 4 amide bonds. The van der Waals surface area contributed by atoms with E-state index in [4.69, 9.17) is 4.74 Å². The second kappa shape index (κ2) is 23.4. The number of nitrogens with zero attached hydrogens (tertiary/aromatic N) is 1. The standard InChI is InChI=1S/C34H50N4O6/c39-31(21-15-25-37-33(41)44-28-30-19-11-8-12-20-30)35-23-13-5-3-1-2-4-6-14-24-36-32(40)22-16-26-38(34(42)43)27-29-17-9-7-10-18-29/h7-12,17-20H,1-6,13-16,21-28H2,(H,35,39)(H,36,40)(H,37,41)(H,42,43)/p-1. The fourth-order valence-electron chi connectivity index (χ4n) is 4.63. The molecule has 0 aliphatic carbocycles. The summed E-state index contributed by atoms with van der Waals surface area (Å²) in [6, 6.07) is 18.8. The Labute approximate surface area is 261 Å². The van der Waals surface area contributed by atoms with Gasteiger partial charge in [0.05, 0.1) is 0 Å². The van der Waals surface area contributed by atoms with E-state index in [1.807, 2.05) is 60.7 Å². The first-order valence-electron chi connectivity index (χ1n) is 15.9. The van der Waals surface area contributed by atoms with Crippen molar-refractivity contribution in [3.05, 3.63) is 71.8 Å². The first kappa shape index (κ1) is 36.1. The van der Waals surface area contributed by atoms with E-state index < -0.39 is 12.2 Å². The van der Waals surface area contributed by atoms with Gasteiger partial charge in [0.25, 0.3) is 0 Å². The maximum Gasteiger partial charge on any atom is 0.407 e. The average molecular weight is 610 g/mol. The van der Waals surface area contributed by atoms with Crippen LogP contribution in [0.5, 0.6) is 0 Å². The minimum absolute atomic E-state index is 0.000800. The third kappa shape index (κ3) is 18.5. The maximum atomic E-state index is 12.1. The summed E-state index contributed by atoms with van der Waals surface area (Å²) in [4.78, 5) is 48.3. The lowest BCUT2D eigenvalue weighted by Gasteiger charge is -2.25. The molecule has 0 heterocycles. The van der Waals surface area contributed by atoms with Crippen LogP contribution in [0.2, 0.25) is 0 Å². The normalized spacial score (nSPS) is 10.5. The van der Waals surface area contributed by atoms with Gasteiger partial charge in [0.15, 0.2) is 0 Å². The molecule has 2 aromatic carbocycles. The van der Waals surface area contributed by atoms with Crippen LogP contribution in [-0.2, 0) is 27.5 Å². The predicted molar refractivity (Wildman–Crippen MR) is 168 cm³/mol. The molecule has 3 N–H and O–H groups in total. The molecule has 10 heteroatoms. The molecule has 0 spiro atoms. The van der Waals surface area contributed by atoms with E-state index in [1.165, 1.54) is 4.90 Å². The monoisotopic (exact) mass is 609 g/mol. The van der Waals surface area contributed by atoms with Crippen molar-refractivity contribution < 1.29 is 29.0 Å². The van der Waals surface area contributed by atoms with Gasteiger partial charge in [-0.25, -0.2) is 4.79 Å². The minimum atomic E-state index is -1.22. The number of carbonyl (C=O) groups excluding carboxylic acids is 4. The number of amides is 4. The Bertz CT molecular complexity index is 1080. The van der Waals surface area contributed by atoms with E-state index in [9.17, 15) is 24.3 Å². The second-order valence-electron chi connectivity index (χ2n) is 10.9. The van der Waals surface area contributed by atoms with Crippen LogP contribution in [0.25, 0.3) is 0 Å². The summed E-state index contributed by atoms with van der Waals surface area (Å²) >= 11 is 0. The SMILES string of the molecule is O=C(CCCNC(=O)OCc1ccccc1)NCCCCCCCCCCNC(=O)CCCN(Cc1ccccc1)C(=O)[O-].